The first-order valence-electron chi connectivity index (χ1n) is 10.9. The third-order valence-electron chi connectivity index (χ3n) is 6.22. The summed E-state index contributed by atoms with van der Waals surface area (Å²) < 4.78 is 1.89. The van der Waals surface area contributed by atoms with Crippen molar-refractivity contribution in [2.24, 2.45) is 5.10 Å². The van der Waals surface area contributed by atoms with Gasteiger partial charge in [0, 0.05) is 25.2 Å². The van der Waals surface area contributed by atoms with Gasteiger partial charge in [0.25, 0.3) is 0 Å². The Bertz CT molecular complexity index is 1040. The summed E-state index contributed by atoms with van der Waals surface area (Å²) in [6.45, 7) is 6.48. The first-order valence-corrected chi connectivity index (χ1v) is 10.9. The fraction of sp³-hybridized carbons (Fsp3) is 0.375. The molecule has 0 bridgehead atoms. The van der Waals surface area contributed by atoms with Crippen LogP contribution in [0.4, 0.5) is 5.69 Å². The van der Waals surface area contributed by atoms with E-state index in [0.717, 1.165) is 29.2 Å². The van der Waals surface area contributed by atoms with Crippen LogP contribution in [0.1, 0.15) is 54.2 Å². The number of hydrogen-bond acceptors (Lipinski definition) is 5. The Balaban J connectivity index is 1.29. The number of aromatic nitrogens is 3. The zero-order chi connectivity index (χ0) is 20.5. The van der Waals surface area contributed by atoms with Gasteiger partial charge < -0.3 is 10.3 Å². The lowest BCUT2D eigenvalue weighted by atomic mass is 10.0. The lowest BCUT2D eigenvalue weighted by Gasteiger charge is -2.29. The van der Waals surface area contributed by atoms with E-state index in [1.54, 1.807) is 0 Å². The molecule has 2 aliphatic heterocycles. The fourth-order valence-electron chi connectivity index (χ4n) is 4.38. The maximum absolute atomic E-state index is 4.60. The lowest BCUT2D eigenvalue weighted by molar-refractivity contribution is 0.577. The molecule has 3 heterocycles. The van der Waals surface area contributed by atoms with Crippen LogP contribution in [-0.2, 0) is 0 Å². The second kappa shape index (κ2) is 7.94. The molecule has 3 aromatic rings. The summed E-state index contributed by atoms with van der Waals surface area (Å²) in [4.78, 5) is 2.49. The molecule has 6 heteroatoms. The first kappa shape index (κ1) is 18.9. The van der Waals surface area contributed by atoms with Crippen molar-refractivity contribution in [2.45, 2.75) is 45.6 Å². The molecule has 0 spiro atoms. The molecule has 0 aliphatic carbocycles. The van der Waals surface area contributed by atoms with Gasteiger partial charge in [0.15, 0.2) is 0 Å². The molecule has 30 heavy (non-hydrogen) atoms. The van der Waals surface area contributed by atoms with Crippen molar-refractivity contribution in [3.8, 4) is 5.69 Å². The number of nitrogens with zero attached hydrogens (tertiary/aromatic N) is 5. The Kier molecular flexibility index (Phi) is 4.99. The molecular weight excluding hydrogens is 372 g/mol. The van der Waals surface area contributed by atoms with Crippen molar-refractivity contribution in [3.63, 3.8) is 0 Å². The number of piperidine rings is 1. The number of hydrazone groups is 1. The predicted octanol–water partition coefficient (Wildman–Crippen LogP) is 4.31. The Morgan fingerprint density at radius 2 is 1.57 bits per heavy atom. The van der Waals surface area contributed by atoms with Gasteiger partial charge in [-0.1, -0.05) is 35.0 Å². The quantitative estimate of drug-likeness (QED) is 0.709. The Morgan fingerprint density at radius 1 is 0.867 bits per heavy atom. The van der Waals surface area contributed by atoms with Crippen LogP contribution in [0.15, 0.2) is 53.6 Å². The van der Waals surface area contributed by atoms with Crippen molar-refractivity contribution < 1.29 is 0 Å². The number of anilines is 1. The minimum Gasteiger partial charge on any atom is -0.372 e. The Labute approximate surface area is 177 Å². The van der Waals surface area contributed by atoms with Gasteiger partial charge in [0.2, 0.25) is 0 Å². The zero-order valence-electron chi connectivity index (χ0n) is 17.7. The molecule has 1 fully saturated rings. The fourth-order valence-corrected chi connectivity index (χ4v) is 4.38. The second-order valence-electron chi connectivity index (χ2n) is 8.35. The van der Waals surface area contributed by atoms with Crippen LogP contribution < -0.4 is 10.3 Å². The zero-order valence-corrected chi connectivity index (χ0v) is 17.7. The topological polar surface area (TPSA) is 58.3 Å². The van der Waals surface area contributed by atoms with Crippen molar-refractivity contribution >= 4 is 11.4 Å². The molecule has 1 unspecified atom stereocenters. The molecule has 1 saturated heterocycles. The molecular formula is C24H28N6. The van der Waals surface area contributed by atoms with Crippen LogP contribution >= 0.6 is 0 Å². The average molecular weight is 401 g/mol. The molecule has 1 atom stereocenters. The molecule has 154 valence electrons. The van der Waals surface area contributed by atoms with Crippen molar-refractivity contribution in [3.05, 3.63) is 71.0 Å². The van der Waals surface area contributed by atoms with Crippen LogP contribution in [0.3, 0.4) is 0 Å². The molecule has 2 aliphatic rings. The number of rotatable bonds is 4. The van der Waals surface area contributed by atoms with E-state index < -0.39 is 0 Å². The summed E-state index contributed by atoms with van der Waals surface area (Å²) >= 11 is 0. The van der Waals surface area contributed by atoms with E-state index >= 15 is 0 Å². The summed E-state index contributed by atoms with van der Waals surface area (Å²) in [6, 6.07) is 17.5. The standard InChI is InChI=1S/C24H28N6/c1-17-6-10-21(11-7-17)30-18(2)24(27-28-30)23-16-22(25-26-23)19-8-12-20(13-9-19)29-14-4-3-5-15-29/h6-13,22,25H,3-5,14-16H2,1-2H3. The van der Waals surface area contributed by atoms with E-state index in [-0.39, 0.29) is 6.04 Å². The molecule has 6 nitrogen and oxygen atoms in total. The molecule has 1 aromatic heterocycles. The second-order valence-corrected chi connectivity index (χ2v) is 8.35. The average Bonchev–Trinajstić information content (AvgIpc) is 3.42. The highest BCUT2D eigenvalue weighted by Gasteiger charge is 2.25. The van der Waals surface area contributed by atoms with Gasteiger partial charge in [-0.25, -0.2) is 4.68 Å². The summed E-state index contributed by atoms with van der Waals surface area (Å²) in [7, 11) is 0. The van der Waals surface area contributed by atoms with Crippen molar-refractivity contribution in [2.75, 3.05) is 18.0 Å². The highest BCUT2D eigenvalue weighted by Crippen LogP contribution is 2.28. The van der Waals surface area contributed by atoms with E-state index in [4.69, 9.17) is 0 Å². The summed E-state index contributed by atoms with van der Waals surface area (Å²) in [5.74, 6) is 0. The largest absolute Gasteiger partial charge is 0.372 e. The van der Waals surface area contributed by atoms with E-state index in [9.17, 15) is 0 Å². The molecule has 0 saturated carbocycles. The smallest absolute Gasteiger partial charge is 0.132 e. The number of nitrogens with one attached hydrogen (secondary N) is 1. The van der Waals surface area contributed by atoms with Gasteiger partial charge in [-0.2, -0.15) is 5.10 Å². The lowest BCUT2D eigenvalue weighted by Crippen LogP contribution is -2.29. The van der Waals surface area contributed by atoms with E-state index in [2.05, 4.69) is 88.1 Å². The van der Waals surface area contributed by atoms with E-state index in [1.807, 2.05) is 4.68 Å². The minimum atomic E-state index is 0.180. The predicted molar refractivity (Wildman–Crippen MR) is 120 cm³/mol. The maximum atomic E-state index is 4.60. The summed E-state index contributed by atoms with van der Waals surface area (Å²) in [6.07, 6.45) is 4.77. The number of benzene rings is 2. The van der Waals surface area contributed by atoms with Crippen LogP contribution in [-0.4, -0.2) is 33.8 Å². The summed E-state index contributed by atoms with van der Waals surface area (Å²) in [5.41, 5.74) is 11.0. The van der Waals surface area contributed by atoms with Gasteiger partial charge in [-0.3, -0.25) is 0 Å². The Hall–Kier alpha value is -3.15. The van der Waals surface area contributed by atoms with Gasteiger partial charge >= 0.3 is 0 Å². The Morgan fingerprint density at radius 3 is 2.30 bits per heavy atom. The SMILES string of the molecule is Cc1ccc(-n2nnc(C3=NNC(c4ccc(N5CCCCC5)cc4)C3)c2C)cc1. The molecule has 2 aromatic carbocycles. The van der Waals surface area contributed by atoms with Crippen LogP contribution in [0, 0.1) is 13.8 Å². The van der Waals surface area contributed by atoms with Crippen LogP contribution in [0.2, 0.25) is 0 Å². The molecule has 0 amide bonds. The highest BCUT2D eigenvalue weighted by molar-refractivity contribution is 6.01. The number of aryl methyl sites for hydroxylation is 1. The highest BCUT2D eigenvalue weighted by atomic mass is 15.4. The summed E-state index contributed by atoms with van der Waals surface area (Å²) in [5, 5.41) is 13.4. The number of hydrogen-bond donors (Lipinski definition) is 1. The van der Waals surface area contributed by atoms with Gasteiger partial charge in [0.1, 0.15) is 5.69 Å². The van der Waals surface area contributed by atoms with E-state index in [0.29, 0.717) is 0 Å². The van der Waals surface area contributed by atoms with Gasteiger partial charge in [-0.15, -0.1) is 5.10 Å². The monoisotopic (exact) mass is 400 g/mol. The molecule has 5 rings (SSSR count). The van der Waals surface area contributed by atoms with E-state index in [1.165, 1.54) is 49.2 Å². The third kappa shape index (κ3) is 3.58. The first-order chi connectivity index (χ1) is 14.7. The minimum absolute atomic E-state index is 0.180. The molecule has 1 N–H and O–H groups in total. The van der Waals surface area contributed by atoms with Crippen molar-refractivity contribution in [1.29, 1.82) is 0 Å². The molecule has 0 radical (unpaired) electrons. The van der Waals surface area contributed by atoms with Crippen LogP contribution in [0.25, 0.3) is 5.69 Å². The van der Waals surface area contributed by atoms with Gasteiger partial charge in [-0.05, 0) is 62.9 Å². The third-order valence-corrected chi connectivity index (χ3v) is 6.22. The normalized spacial score (nSPS) is 18.9. The van der Waals surface area contributed by atoms with Crippen LogP contribution in [0.5, 0.6) is 0 Å². The van der Waals surface area contributed by atoms with Gasteiger partial charge in [0.05, 0.1) is 23.1 Å². The maximum Gasteiger partial charge on any atom is 0.132 e. The van der Waals surface area contributed by atoms with Crippen molar-refractivity contribution in [1.82, 2.24) is 20.4 Å².